The number of hydrogen-bond donors (Lipinski definition) is 0. The first-order chi connectivity index (χ1) is 22.8. The van der Waals surface area contributed by atoms with Gasteiger partial charge in [0.2, 0.25) is 0 Å². The van der Waals surface area contributed by atoms with Crippen LogP contribution in [0.1, 0.15) is 76.7 Å². The summed E-state index contributed by atoms with van der Waals surface area (Å²) in [5, 5.41) is 7.87. The molecule has 7 aromatic rings. The van der Waals surface area contributed by atoms with Gasteiger partial charge >= 0.3 is 0 Å². The highest BCUT2D eigenvalue weighted by Crippen LogP contribution is 2.50. The number of rotatable bonds is 14. The second-order valence-corrected chi connectivity index (χ2v) is 12.8. The third kappa shape index (κ3) is 5.99. The largest absolute Gasteiger partial charge is 0.264 e. The average molecular weight is 602 g/mol. The van der Waals surface area contributed by atoms with Crippen molar-refractivity contribution in [2.45, 2.75) is 77.6 Å². The topological polar surface area (TPSA) is 38.7 Å². The molecule has 0 atom stereocenters. The van der Waals surface area contributed by atoms with Crippen LogP contribution in [0.5, 0.6) is 0 Å². The fourth-order valence-corrected chi connectivity index (χ4v) is 7.50. The Kier molecular flexibility index (Phi) is 9.28. The zero-order valence-electron chi connectivity index (χ0n) is 27.0. The number of nitrogens with zero attached hydrogens (tertiary/aromatic N) is 3. The molecule has 3 heterocycles. The second kappa shape index (κ2) is 14.2. The number of benzene rings is 4. The van der Waals surface area contributed by atoms with Gasteiger partial charge in [-0.1, -0.05) is 113 Å². The fraction of sp³-hybridized carbons (Fsp3) is 0.279. The Labute approximate surface area is 273 Å². The smallest absolute Gasteiger partial charge is 0.0346 e. The maximum Gasteiger partial charge on any atom is 0.0346 e. The van der Waals surface area contributed by atoms with Gasteiger partial charge in [-0.15, -0.1) is 0 Å². The van der Waals surface area contributed by atoms with Gasteiger partial charge < -0.3 is 0 Å². The Morgan fingerprint density at radius 3 is 1.70 bits per heavy atom. The van der Waals surface area contributed by atoms with Crippen LogP contribution >= 0.6 is 0 Å². The van der Waals surface area contributed by atoms with E-state index < -0.39 is 0 Å². The number of aromatic nitrogens is 3. The van der Waals surface area contributed by atoms with Crippen LogP contribution in [0.25, 0.3) is 65.7 Å². The van der Waals surface area contributed by atoms with Crippen molar-refractivity contribution in [3.63, 3.8) is 0 Å². The molecule has 230 valence electrons. The fourth-order valence-electron chi connectivity index (χ4n) is 7.50. The van der Waals surface area contributed by atoms with E-state index in [2.05, 4.69) is 88.6 Å². The zero-order valence-corrected chi connectivity index (χ0v) is 27.0. The molecular weight excluding hydrogens is 558 g/mol. The van der Waals surface area contributed by atoms with Crippen LogP contribution in [0.15, 0.2) is 110 Å². The molecule has 0 saturated heterocycles. The summed E-state index contributed by atoms with van der Waals surface area (Å²) in [5.41, 5.74) is 8.58. The van der Waals surface area contributed by atoms with E-state index >= 15 is 0 Å². The lowest BCUT2D eigenvalue weighted by Gasteiger charge is -2.25. The Hall–Kier alpha value is -4.63. The quantitative estimate of drug-likeness (QED) is 0.0919. The first-order valence-electron chi connectivity index (χ1n) is 17.3. The normalized spacial score (nSPS) is 11.7. The van der Waals surface area contributed by atoms with Gasteiger partial charge in [0.15, 0.2) is 0 Å². The van der Waals surface area contributed by atoms with Crippen molar-refractivity contribution >= 4 is 32.3 Å². The molecule has 0 bridgehead atoms. The van der Waals surface area contributed by atoms with E-state index in [0.29, 0.717) is 0 Å². The zero-order chi connectivity index (χ0) is 31.1. The molecule has 0 aliphatic heterocycles. The van der Waals surface area contributed by atoms with Crippen molar-refractivity contribution in [2.75, 3.05) is 0 Å². The summed E-state index contributed by atoms with van der Waals surface area (Å²) in [6.45, 7) is 2.29. The highest BCUT2D eigenvalue weighted by atomic mass is 14.6. The van der Waals surface area contributed by atoms with E-state index in [1.165, 1.54) is 119 Å². The number of aryl methyl sites for hydroxylation is 1. The van der Waals surface area contributed by atoms with Crippen molar-refractivity contribution in [2.24, 2.45) is 0 Å². The van der Waals surface area contributed by atoms with Crippen LogP contribution in [0, 0.1) is 0 Å². The Bertz CT molecular complexity index is 2020. The molecule has 3 nitrogen and oxygen atoms in total. The standard InChI is InChI=1S/C43H43N3/c1-2-3-4-5-6-7-8-9-10-11-21-36-37-23-22-31-16-12-17-32-27-38(33-18-13-24-44-28-33)43(42(37)39(31)32)41(35-20-15-26-46-30-35)40(36)34-19-14-25-45-29-34/h12-20,22-30H,2-11,21H2,1H3. The molecular formula is C43H43N3. The molecule has 0 fully saturated rings. The van der Waals surface area contributed by atoms with Gasteiger partial charge in [-0.2, -0.15) is 0 Å². The van der Waals surface area contributed by atoms with Gasteiger partial charge in [-0.3, -0.25) is 15.0 Å². The minimum absolute atomic E-state index is 1.03. The molecule has 0 radical (unpaired) electrons. The summed E-state index contributed by atoms with van der Waals surface area (Å²) in [6, 6.07) is 26.6. The van der Waals surface area contributed by atoms with Gasteiger partial charge in [0.1, 0.15) is 0 Å². The maximum absolute atomic E-state index is 4.64. The van der Waals surface area contributed by atoms with Crippen molar-refractivity contribution in [3.05, 3.63) is 116 Å². The first-order valence-corrected chi connectivity index (χ1v) is 17.3. The number of unbranched alkanes of at least 4 members (excludes halogenated alkanes) is 9. The lowest BCUT2D eigenvalue weighted by atomic mass is 9.78. The van der Waals surface area contributed by atoms with Crippen molar-refractivity contribution in [1.82, 2.24) is 15.0 Å². The van der Waals surface area contributed by atoms with Gasteiger partial charge in [0.05, 0.1) is 0 Å². The lowest BCUT2D eigenvalue weighted by molar-refractivity contribution is 0.556. The summed E-state index contributed by atoms with van der Waals surface area (Å²) in [7, 11) is 0. The predicted molar refractivity (Wildman–Crippen MR) is 195 cm³/mol. The summed E-state index contributed by atoms with van der Waals surface area (Å²) in [5.74, 6) is 0. The van der Waals surface area contributed by atoms with Crippen molar-refractivity contribution in [3.8, 4) is 33.4 Å². The van der Waals surface area contributed by atoms with Crippen LogP contribution in [0.3, 0.4) is 0 Å². The Balaban J connectivity index is 1.42. The van der Waals surface area contributed by atoms with E-state index in [4.69, 9.17) is 0 Å². The van der Waals surface area contributed by atoms with Crippen LogP contribution in [-0.4, -0.2) is 15.0 Å². The summed E-state index contributed by atoms with van der Waals surface area (Å²) < 4.78 is 0. The summed E-state index contributed by atoms with van der Waals surface area (Å²) in [6.07, 6.45) is 26.0. The lowest BCUT2D eigenvalue weighted by Crippen LogP contribution is -2.01. The number of hydrogen-bond acceptors (Lipinski definition) is 3. The van der Waals surface area contributed by atoms with Crippen molar-refractivity contribution < 1.29 is 0 Å². The summed E-state index contributed by atoms with van der Waals surface area (Å²) in [4.78, 5) is 13.8. The van der Waals surface area contributed by atoms with Crippen LogP contribution < -0.4 is 0 Å². The van der Waals surface area contributed by atoms with Gasteiger partial charge in [0.25, 0.3) is 0 Å². The van der Waals surface area contributed by atoms with Gasteiger partial charge in [0, 0.05) is 53.9 Å². The van der Waals surface area contributed by atoms with E-state index in [1.807, 2.05) is 43.2 Å². The van der Waals surface area contributed by atoms with E-state index in [0.717, 1.165) is 23.1 Å². The van der Waals surface area contributed by atoms with Gasteiger partial charge in [-0.25, -0.2) is 0 Å². The molecule has 0 aliphatic carbocycles. The molecule has 0 saturated carbocycles. The molecule has 7 rings (SSSR count). The van der Waals surface area contributed by atoms with E-state index in [-0.39, 0.29) is 0 Å². The molecule has 0 aliphatic rings. The molecule has 3 aromatic heterocycles. The Morgan fingerprint density at radius 1 is 0.478 bits per heavy atom. The predicted octanol–water partition coefficient (Wildman–Crippen LogP) is 12.2. The monoisotopic (exact) mass is 601 g/mol. The van der Waals surface area contributed by atoms with Crippen LogP contribution in [0.4, 0.5) is 0 Å². The highest BCUT2D eigenvalue weighted by molar-refractivity contribution is 6.31. The minimum Gasteiger partial charge on any atom is -0.264 e. The molecule has 4 aromatic carbocycles. The third-order valence-electron chi connectivity index (χ3n) is 9.68. The first kappa shape index (κ1) is 30.0. The Morgan fingerprint density at radius 2 is 1.07 bits per heavy atom. The summed E-state index contributed by atoms with van der Waals surface area (Å²) >= 11 is 0. The molecule has 0 unspecified atom stereocenters. The molecule has 0 spiro atoms. The molecule has 46 heavy (non-hydrogen) atoms. The van der Waals surface area contributed by atoms with E-state index in [9.17, 15) is 0 Å². The molecule has 0 amide bonds. The average Bonchev–Trinajstić information content (AvgIpc) is 3.12. The highest BCUT2D eigenvalue weighted by Gasteiger charge is 2.25. The number of pyridine rings is 3. The second-order valence-electron chi connectivity index (χ2n) is 12.8. The third-order valence-corrected chi connectivity index (χ3v) is 9.68. The van der Waals surface area contributed by atoms with Crippen LogP contribution in [-0.2, 0) is 6.42 Å². The SMILES string of the molecule is CCCCCCCCCCCCc1c(-c2cccnc2)c(-c2cccnc2)c2c(-c3cccnc3)cc3cccc4ccc1c2c43. The minimum atomic E-state index is 1.03. The van der Waals surface area contributed by atoms with Crippen LogP contribution in [0.2, 0.25) is 0 Å². The van der Waals surface area contributed by atoms with Crippen molar-refractivity contribution in [1.29, 1.82) is 0 Å². The molecule has 3 heteroatoms. The maximum atomic E-state index is 4.64. The van der Waals surface area contributed by atoms with E-state index in [1.54, 1.807) is 0 Å². The molecule has 0 N–H and O–H groups in total. The van der Waals surface area contributed by atoms with Gasteiger partial charge in [-0.05, 0) is 91.7 Å².